The molecule has 23 heavy (non-hydrogen) atoms. The van der Waals surface area contributed by atoms with Gasteiger partial charge in [-0.3, -0.25) is 4.79 Å². The number of nitrogens with one attached hydrogen (secondary N) is 2. The number of hydrogen-bond acceptors (Lipinski definition) is 3. The third kappa shape index (κ3) is 5.48. The molecule has 0 aliphatic carbocycles. The number of anilines is 1. The van der Waals surface area contributed by atoms with E-state index in [1.165, 1.54) is 0 Å². The Hall–Kier alpha value is -1.66. The van der Waals surface area contributed by atoms with Gasteiger partial charge in [0.2, 0.25) is 0 Å². The summed E-state index contributed by atoms with van der Waals surface area (Å²) in [6, 6.07) is 5.26. The molecule has 0 aromatic heterocycles. The summed E-state index contributed by atoms with van der Waals surface area (Å²) in [6.45, 7) is 1.86. The number of carbonyl (C=O) groups is 2. The molecule has 1 unspecified atom stereocenters. The zero-order chi connectivity index (χ0) is 16.8. The summed E-state index contributed by atoms with van der Waals surface area (Å²) in [7, 11) is 0. The van der Waals surface area contributed by atoms with Gasteiger partial charge >= 0.3 is 12.0 Å². The molecule has 0 saturated carbocycles. The monoisotopic (exact) mass is 359 g/mol. The Morgan fingerprint density at radius 1 is 1.30 bits per heavy atom. The minimum atomic E-state index is -0.861. The lowest BCUT2D eigenvalue weighted by molar-refractivity contribution is -0.137. The number of rotatable bonds is 6. The normalized spacial score (nSPS) is 17.1. The summed E-state index contributed by atoms with van der Waals surface area (Å²) >= 11 is 11.9. The Bertz CT molecular complexity index is 583. The van der Waals surface area contributed by atoms with E-state index in [-0.39, 0.29) is 18.5 Å². The van der Waals surface area contributed by atoms with Gasteiger partial charge < -0.3 is 20.6 Å². The van der Waals surface area contributed by atoms with Crippen molar-refractivity contribution in [2.45, 2.75) is 25.3 Å². The minimum Gasteiger partial charge on any atom is -0.481 e. The number of amides is 2. The van der Waals surface area contributed by atoms with Crippen molar-refractivity contribution < 1.29 is 14.7 Å². The Balaban J connectivity index is 1.75. The van der Waals surface area contributed by atoms with E-state index in [1.807, 2.05) is 12.1 Å². The van der Waals surface area contributed by atoms with E-state index in [1.54, 1.807) is 6.07 Å². The van der Waals surface area contributed by atoms with Crippen molar-refractivity contribution in [1.29, 1.82) is 0 Å². The van der Waals surface area contributed by atoms with E-state index in [2.05, 4.69) is 15.5 Å². The summed E-state index contributed by atoms with van der Waals surface area (Å²) in [5.74, 6) is -0.861. The third-order valence-corrected chi connectivity index (χ3v) is 4.38. The van der Waals surface area contributed by atoms with Gasteiger partial charge in [-0.15, -0.1) is 0 Å². The number of nitrogens with zero attached hydrogens (tertiary/aromatic N) is 1. The van der Waals surface area contributed by atoms with Crippen molar-refractivity contribution >= 4 is 40.9 Å². The van der Waals surface area contributed by atoms with Crippen LogP contribution in [-0.4, -0.2) is 42.8 Å². The highest BCUT2D eigenvalue weighted by Gasteiger charge is 2.24. The molecule has 6 nitrogen and oxygen atoms in total. The molecular formula is C15H19Cl2N3O3. The Labute approximate surface area is 144 Å². The summed E-state index contributed by atoms with van der Waals surface area (Å²) in [6.07, 6.45) is 1.31. The molecule has 0 radical (unpaired) electrons. The molecule has 0 spiro atoms. The van der Waals surface area contributed by atoms with Gasteiger partial charge in [-0.2, -0.15) is 0 Å². The van der Waals surface area contributed by atoms with Gasteiger partial charge in [0.25, 0.3) is 0 Å². The number of carboxylic acids is 1. The third-order valence-electron chi connectivity index (χ3n) is 3.64. The van der Waals surface area contributed by atoms with Crippen LogP contribution in [0.3, 0.4) is 0 Å². The molecule has 1 fully saturated rings. The molecule has 1 aromatic rings. The van der Waals surface area contributed by atoms with Crippen molar-refractivity contribution in [3.8, 4) is 0 Å². The van der Waals surface area contributed by atoms with Crippen molar-refractivity contribution in [2.24, 2.45) is 0 Å². The molecule has 2 rings (SSSR count). The van der Waals surface area contributed by atoms with Crippen LogP contribution in [0.15, 0.2) is 18.2 Å². The lowest BCUT2D eigenvalue weighted by Gasteiger charge is -2.19. The molecular weight excluding hydrogens is 341 g/mol. The second-order valence-electron chi connectivity index (χ2n) is 5.43. The molecule has 0 bridgehead atoms. The zero-order valence-electron chi connectivity index (χ0n) is 12.5. The second kappa shape index (κ2) is 8.26. The van der Waals surface area contributed by atoms with Gasteiger partial charge in [0.05, 0.1) is 10.0 Å². The average molecular weight is 360 g/mol. The summed E-state index contributed by atoms with van der Waals surface area (Å²) in [5, 5.41) is 15.1. The van der Waals surface area contributed by atoms with E-state index >= 15 is 0 Å². The highest BCUT2D eigenvalue weighted by Crippen LogP contribution is 2.29. The largest absolute Gasteiger partial charge is 0.481 e. The standard InChI is InChI=1S/C15H19Cl2N3O3/c16-12-4-3-11(8-13(12)17)20-7-5-10(9-20)19-15(23)18-6-1-2-14(21)22/h3-4,8,10H,1-2,5-7,9H2,(H,21,22)(H2,18,19,23). The van der Waals surface area contributed by atoms with E-state index < -0.39 is 5.97 Å². The number of carboxylic acid groups (broad SMARTS) is 1. The molecule has 126 valence electrons. The Morgan fingerprint density at radius 3 is 2.78 bits per heavy atom. The maximum atomic E-state index is 11.8. The van der Waals surface area contributed by atoms with Crippen LogP contribution in [-0.2, 0) is 4.79 Å². The first-order valence-electron chi connectivity index (χ1n) is 7.42. The van der Waals surface area contributed by atoms with E-state index in [0.29, 0.717) is 29.6 Å². The van der Waals surface area contributed by atoms with Gasteiger partial charge in [-0.1, -0.05) is 23.2 Å². The molecule has 8 heteroatoms. The number of carbonyl (C=O) groups excluding carboxylic acids is 1. The Morgan fingerprint density at radius 2 is 2.09 bits per heavy atom. The maximum absolute atomic E-state index is 11.8. The van der Waals surface area contributed by atoms with Crippen molar-refractivity contribution in [3.05, 3.63) is 28.2 Å². The van der Waals surface area contributed by atoms with Crippen LogP contribution in [0.25, 0.3) is 0 Å². The number of aliphatic carboxylic acids is 1. The average Bonchev–Trinajstić information content (AvgIpc) is 2.95. The first-order valence-corrected chi connectivity index (χ1v) is 8.17. The van der Waals surface area contributed by atoms with Crippen LogP contribution in [0.5, 0.6) is 0 Å². The number of benzene rings is 1. The van der Waals surface area contributed by atoms with Crippen molar-refractivity contribution in [3.63, 3.8) is 0 Å². The van der Waals surface area contributed by atoms with E-state index in [0.717, 1.165) is 18.7 Å². The van der Waals surface area contributed by atoms with Gasteiger partial charge in [-0.25, -0.2) is 4.79 Å². The predicted octanol–water partition coefficient (Wildman–Crippen LogP) is 2.74. The molecule has 1 aliphatic rings. The highest BCUT2D eigenvalue weighted by molar-refractivity contribution is 6.42. The molecule has 1 heterocycles. The first-order chi connectivity index (χ1) is 11.0. The van der Waals surface area contributed by atoms with Gasteiger partial charge in [0, 0.05) is 37.8 Å². The van der Waals surface area contributed by atoms with Crippen LogP contribution < -0.4 is 15.5 Å². The smallest absolute Gasteiger partial charge is 0.315 e. The lowest BCUT2D eigenvalue weighted by Crippen LogP contribution is -2.43. The topological polar surface area (TPSA) is 81.7 Å². The maximum Gasteiger partial charge on any atom is 0.315 e. The molecule has 1 aliphatic heterocycles. The second-order valence-corrected chi connectivity index (χ2v) is 6.24. The number of hydrogen-bond donors (Lipinski definition) is 3. The van der Waals surface area contributed by atoms with Crippen LogP contribution in [0.1, 0.15) is 19.3 Å². The lowest BCUT2D eigenvalue weighted by atomic mass is 10.2. The fourth-order valence-electron chi connectivity index (χ4n) is 2.47. The van der Waals surface area contributed by atoms with Crippen LogP contribution in [0.4, 0.5) is 10.5 Å². The molecule has 3 N–H and O–H groups in total. The number of halogens is 2. The predicted molar refractivity (Wildman–Crippen MR) is 90.5 cm³/mol. The SMILES string of the molecule is O=C(O)CCCNC(=O)NC1CCN(c2ccc(Cl)c(Cl)c2)C1. The quantitative estimate of drug-likeness (QED) is 0.682. The van der Waals surface area contributed by atoms with Crippen molar-refractivity contribution in [2.75, 3.05) is 24.5 Å². The molecule has 1 aromatic carbocycles. The van der Waals surface area contributed by atoms with Gasteiger partial charge in [0.15, 0.2) is 0 Å². The van der Waals surface area contributed by atoms with Crippen LogP contribution in [0.2, 0.25) is 10.0 Å². The van der Waals surface area contributed by atoms with Crippen LogP contribution >= 0.6 is 23.2 Å². The van der Waals surface area contributed by atoms with Crippen molar-refractivity contribution in [1.82, 2.24) is 10.6 Å². The van der Waals surface area contributed by atoms with E-state index in [9.17, 15) is 9.59 Å². The summed E-state index contributed by atoms with van der Waals surface area (Å²) in [5.41, 5.74) is 0.977. The Kier molecular flexibility index (Phi) is 6.36. The highest BCUT2D eigenvalue weighted by atomic mass is 35.5. The minimum absolute atomic E-state index is 0.0453. The van der Waals surface area contributed by atoms with Gasteiger partial charge in [0.1, 0.15) is 0 Å². The number of urea groups is 1. The first kappa shape index (κ1) is 17.7. The van der Waals surface area contributed by atoms with Gasteiger partial charge in [-0.05, 0) is 31.0 Å². The van der Waals surface area contributed by atoms with E-state index in [4.69, 9.17) is 28.3 Å². The molecule has 2 amide bonds. The summed E-state index contributed by atoms with van der Waals surface area (Å²) < 4.78 is 0. The molecule has 1 saturated heterocycles. The van der Waals surface area contributed by atoms with Crippen LogP contribution in [0, 0.1) is 0 Å². The fraction of sp³-hybridized carbons (Fsp3) is 0.467. The fourth-order valence-corrected chi connectivity index (χ4v) is 2.76. The molecule has 1 atom stereocenters. The zero-order valence-corrected chi connectivity index (χ0v) is 14.0. The summed E-state index contributed by atoms with van der Waals surface area (Å²) in [4.78, 5) is 24.3.